The molecule has 1 aromatic heterocycles. The summed E-state index contributed by atoms with van der Waals surface area (Å²) in [4.78, 5) is 38.2. The average Bonchev–Trinajstić information content (AvgIpc) is 2.70. The summed E-state index contributed by atoms with van der Waals surface area (Å²) in [6, 6.07) is 8.02. The van der Waals surface area contributed by atoms with Crippen LogP contribution in [0, 0.1) is 10.1 Å². The number of benzene rings is 2. The number of hydrogen-bond acceptors (Lipinski definition) is 7. The first-order chi connectivity index (χ1) is 14.4. The molecular weight excluding hydrogens is 388 g/mol. The van der Waals surface area contributed by atoms with Crippen LogP contribution in [0.15, 0.2) is 39.5 Å². The Morgan fingerprint density at radius 1 is 1.20 bits per heavy atom. The number of likely N-dealkylation sites (N-methyl/N-ethyl adjacent to an activating group) is 1. The molecule has 9 nitrogen and oxygen atoms in total. The Morgan fingerprint density at radius 2 is 1.90 bits per heavy atom. The van der Waals surface area contributed by atoms with Crippen molar-refractivity contribution < 1.29 is 14.1 Å². The van der Waals surface area contributed by atoms with Crippen LogP contribution in [0.3, 0.4) is 0 Å². The number of hydrogen-bond donors (Lipinski definition) is 2. The molecule has 0 saturated heterocycles. The fourth-order valence-electron chi connectivity index (χ4n) is 3.45. The van der Waals surface area contributed by atoms with Crippen molar-refractivity contribution in [2.24, 2.45) is 0 Å². The minimum absolute atomic E-state index is 0.0243. The van der Waals surface area contributed by atoms with E-state index in [0.29, 0.717) is 17.6 Å². The topological polar surface area (TPSA) is 118 Å². The lowest BCUT2D eigenvalue weighted by molar-refractivity contribution is -0.382. The summed E-state index contributed by atoms with van der Waals surface area (Å²) >= 11 is 0. The Kier molecular flexibility index (Phi) is 6.31. The highest BCUT2D eigenvalue weighted by Gasteiger charge is 2.27. The van der Waals surface area contributed by atoms with Crippen LogP contribution >= 0.6 is 0 Å². The molecule has 0 bridgehead atoms. The summed E-state index contributed by atoms with van der Waals surface area (Å²) in [5, 5.41) is 17.9. The van der Waals surface area contributed by atoms with Gasteiger partial charge in [0.05, 0.1) is 21.4 Å². The molecule has 9 heteroatoms. The van der Waals surface area contributed by atoms with Gasteiger partial charge in [-0.1, -0.05) is 26.0 Å². The predicted molar refractivity (Wildman–Crippen MR) is 117 cm³/mol. The molecule has 0 spiro atoms. The van der Waals surface area contributed by atoms with Crippen LogP contribution in [0.4, 0.5) is 17.1 Å². The number of rotatable bonds is 8. The Balaban J connectivity index is 2.26. The van der Waals surface area contributed by atoms with Gasteiger partial charge in [-0.05, 0) is 31.3 Å². The van der Waals surface area contributed by atoms with E-state index in [1.54, 1.807) is 24.3 Å². The molecule has 0 fully saturated rings. The minimum atomic E-state index is -0.648. The summed E-state index contributed by atoms with van der Waals surface area (Å²) < 4.78 is 5.81. The van der Waals surface area contributed by atoms with Gasteiger partial charge in [0, 0.05) is 20.0 Å². The highest BCUT2D eigenvalue weighted by Crippen LogP contribution is 2.38. The number of nitro benzene ring substituents is 1. The Bertz CT molecular complexity index is 1170. The molecule has 1 heterocycles. The van der Waals surface area contributed by atoms with E-state index in [4.69, 9.17) is 4.42 Å². The van der Waals surface area contributed by atoms with Gasteiger partial charge >= 0.3 is 5.69 Å². The van der Waals surface area contributed by atoms with Crippen molar-refractivity contribution in [3.8, 4) is 0 Å². The van der Waals surface area contributed by atoms with Crippen LogP contribution in [0.2, 0.25) is 0 Å². The molecule has 0 aliphatic carbocycles. The van der Waals surface area contributed by atoms with Crippen molar-refractivity contribution in [2.75, 3.05) is 36.8 Å². The Morgan fingerprint density at radius 3 is 2.53 bits per heavy atom. The first-order valence-electron chi connectivity index (χ1n) is 9.78. The number of carbonyl (C=O) groups is 1. The molecule has 0 unspecified atom stereocenters. The smallest absolute Gasteiger partial charge is 0.335 e. The van der Waals surface area contributed by atoms with Gasteiger partial charge in [-0.2, -0.15) is 0 Å². The highest BCUT2D eigenvalue weighted by atomic mass is 16.6. The fourth-order valence-corrected chi connectivity index (χ4v) is 3.45. The van der Waals surface area contributed by atoms with Crippen molar-refractivity contribution in [3.63, 3.8) is 0 Å². The third-order valence-electron chi connectivity index (χ3n) is 4.96. The summed E-state index contributed by atoms with van der Waals surface area (Å²) in [5.74, 6) is -0.463. The van der Waals surface area contributed by atoms with Gasteiger partial charge in [0.25, 0.3) is 0 Å². The standard InChI is InChI=1S/C21H24N4O5/c1-4-24(5-2)11-10-22-15-12-16(23-13(3)26)19(25(28)29)21-18(15)20(27)14-8-6-7-9-17(14)30-21/h6-9,12,22H,4-5,10-11H2,1-3H3,(H,23,26). The fraction of sp³-hybridized carbons (Fsp3) is 0.333. The van der Waals surface area contributed by atoms with Crippen molar-refractivity contribution in [2.45, 2.75) is 20.8 Å². The number of nitrogens with one attached hydrogen (secondary N) is 2. The quantitative estimate of drug-likeness (QED) is 0.330. The molecule has 2 N–H and O–H groups in total. The van der Waals surface area contributed by atoms with E-state index < -0.39 is 16.5 Å². The van der Waals surface area contributed by atoms with Crippen LogP contribution < -0.4 is 16.1 Å². The van der Waals surface area contributed by atoms with E-state index in [0.717, 1.165) is 19.6 Å². The third kappa shape index (κ3) is 4.11. The second kappa shape index (κ2) is 8.91. The third-order valence-corrected chi connectivity index (χ3v) is 4.96. The van der Waals surface area contributed by atoms with Crippen LogP contribution in [0.5, 0.6) is 0 Å². The lowest BCUT2D eigenvalue weighted by atomic mass is 10.1. The van der Waals surface area contributed by atoms with E-state index in [1.165, 1.54) is 13.0 Å². The lowest BCUT2D eigenvalue weighted by Gasteiger charge is -2.19. The predicted octanol–water partition coefficient (Wildman–Crippen LogP) is 3.57. The van der Waals surface area contributed by atoms with Crippen LogP contribution in [-0.4, -0.2) is 41.9 Å². The number of fused-ring (bicyclic) bond motifs is 2. The van der Waals surface area contributed by atoms with Gasteiger partial charge in [-0.15, -0.1) is 0 Å². The zero-order valence-electron chi connectivity index (χ0n) is 17.2. The van der Waals surface area contributed by atoms with E-state index in [-0.39, 0.29) is 27.7 Å². The van der Waals surface area contributed by atoms with Gasteiger partial charge in [0.15, 0.2) is 0 Å². The molecule has 30 heavy (non-hydrogen) atoms. The van der Waals surface area contributed by atoms with Gasteiger partial charge < -0.3 is 20.0 Å². The van der Waals surface area contributed by atoms with Crippen LogP contribution in [0.25, 0.3) is 21.9 Å². The molecule has 1 amide bonds. The van der Waals surface area contributed by atoms with Crippen LogP contribution in [0.1, 0.15) is 20.8 Å². The number of carbonyl (C=O) groups excluding carboxylic acids is 1. The number of anilines is 2. The molecule has 2 aromatic carbocycles. The minimum Gasteiger partial charge on any atom is -0.448 e. The first kappa shape index (κ1) is 21.3. The number of para-hydroxylation sites is 1. The molecule has 0 aliphatic rings. The molecule has 0 atom stereocenters. The van der Waals surface area contributed by atoms with E-state index in [9.17, 15) is 19.7 Å². The van der Waals surface area contributed by atoms with Gasteiger partial charge in [0.2, 0.25) is 16.9 Å². The second-order valence-corrected chi connectivity index (χ2v) is 6.84. The SMILES string of the molecule is CCN(CC)CCNc1cc(NC(C)=O)c([N+](=O)[O-])c2oc3ccccc3c(=O)c12. The number of nitrogens with zero attached hydrogens (tertiary/aromatic N) is 2. The summed E-state index contributed by atoms with van der Waals surface area (Å²) in [5.41, 5.74) is -0.380. The zero-order chi connectivity index (χ0) is 21.8. The summed E-state index contributed by atoms with van der Waals surface area (Å²) in [7, 11) is 0. The number of nitro groups is 1. The maximum Gasteiger partial charge on any atom is 0.335 e. The van der Waals surface area contributed by atoms with Gasteiger partial charge in [0.1, 0.15) is 11.3 Å². The first-order valence-corrected chi connectivity index (χ1v) is 9.78. The molecule has 3 aromatic rings. The van der Waals surface area contributed by atoms with E-state index >= 15 is 0 Å². The van der Waals surface area contributed by atoms with Crippen molar-refractivity contribution >= 4 is 44.9 Å². The Hall–Kier alpha value is -3.46. The highest BCUT2D eigenvalue weighted by molar-refractivity contribution is 6.07. The summed E-state index contributed by atoms with van der Waals surface area (Å²) in [6.45, 7) is 8.37. The molecule has 3 rings (SSSR count). The maximum absolute atomic E-state index is 13.2. The Labute approximate surface area is 172 Å². The normalized spacial score (nSPS) is 11.2. The van der Waals surface area contributed by atoms with Crippen LogP contribution in [-0.2, 0) is 4.79 Å². The monoisotopic (exact) mass is 412 g/mol. The van der Waals surface area contributed by atoms with Gasteiger partial charge in [-0.3, -0.25) is 19.7 Å². The maximum atomic E-state index is 13.2. The average molecular weight is 412 g/mol. The molecular formula is C21H24N4O5. The van der Waals surface area contributed by atoms with Gasteiger partial charge in [-0.25, -0.2) is 0 Å². The molecule has 0 saturated carbocycles. The van der Waals surface area contributed by atoms with E-state index in [1.807, 2.05) is 0 Å². The second-order valence-electron chi connectivity index (χ2n) is 6.84. The number of amides is 1. The van der Waals surface area contributed by atoms with Crippen molar-refractivity contribution in [1.82, 2.24) is 4.90 Å². The van der Waals surface area contributed by atoms with E-state index in [2.05, 4.69) is 29.4 Å². The van der Waals surface area contributed by atoms with Crippen molar-refractivity contribution in [1.29, 1.82) is 0 Å². The molecule has 0 radical (unpaired) electrons. The summed E-state index contributed by atoms with van der Waals surface area (Å²) in [6.07, 6.45) is 0. The largest absolute Gasteiger partial charge is 0.448 e. The lowest BCUT2D eigenvalue weighted by Crippen LogP contribution is -2.28. The molecule has 158 valence electrons. The zero-order valence-corrected chi connectivity index (χ0v) is 17.2. The molecule has 0 aliphatic heterocycles. The van der Waals surface area contributed by atoms with Crippen molar-refractivity contribution in [3.05, 3.63) is 50.7 Å².